The number of hydrogen-bond donors (Lipinski definition) is 1. The van der Waals surface area contributed by atoms with E-state index in [0.717, 1.165) is 34.6 Å². The first-order chi connectivity index (χ1) is 15.9. The summed E-state index contributed by atoms with van der Waals surface area (Å²) in [5.74, 6) is -3.42. The summed E-state index contributed by atoms with van der Waals surface area (Å²) in [5.41, 5.74) is -2.29. The van der Waals surface area contributed by atoms with Gasteiger partial charge in [0.2, 0.25) is 10.0 Å². The van der Waals surface area contributed by atoms with Gasteiger partial charge < -0.3 is 14.8 Å². The van der Waals surface area contributed by atoms with Crippen LogP contribution in [-0.2, 0) is 30.5 Å². The van der Waals surface area contributed by atoms with Crippen LogP contribution in [0.5, 0.6) is 0 Å². The van der Waals surface area contributed by atoms with Crippen molar-refractivity contribution in [2.45, 2.75) is 11.1 Å². The molecule has 0 unspecified atom stereocenters. The fourth-order valence-corrected chi connectivity index (χ4v) is 4.75. The molecule has 0 spiro atoms. The maximum Gasteiger partial charge on any atom is 0.418 e. The molecule has 0 aromatic heterocycles. The number of carbonyl (C=O) groups excluding carboxylic acids is 2. The first-order valence-electron chi connectivity index (χ1n) is 9.61. The Morgan fingerprint density at radius 1 is 1.15 bits per heavy atom. The minimum absolute atomic E-state index is 0.00141. The van der Waals surface area contributed by atoms with Gasteiger partial charge in [0.15, 0.2) is 6.61 Å². The largest absolute Gasteiger partial charge is 0.452 e. The van der Waals surface area contributed by atoms with Crippen LogP contribution in [-0.4, -0.2) is 57.5 Å². The van der Waals surface area contributed by atoms with Gasteiger partial charge in [0.1, 0.15) is 10.7 Å². The van der Waals surface area contributed by atoms with Gasteiger partial charge in [-0.3, -0.25) is 4.79 Å². The maximum absolute atomic E-state index is 14.3. The third-order valence-electron chi connectivity index (χ3n) is 4.67. The number of para-hydroxylation sites is 1. The highest BCUT2D eigenvalue weighted by molar-refractivity contribution is 7.89. The van der Waals surface area contributed by atoms with Crippen LogP contribution >= 0.6 is 11.6 Å². The Morgan fingerprint density at radius 3 is 2.47 bits per heavy atom. The fourth-order valence-electron chi connectivity index (χ4n) is 3.03. The zero-order valence-electron chi connectivity index (χ0n) is 17.2. The number of carbonyl (C=O) groups is 2. The van der Waals surface area contributed by atoms with Crippen molar-refractivity contribution < 1.29 is 45.0 Å². The van der Waals surface area contributed by atoms with Crippen molar-refractivity contribution in [3.05, 3.63) is 58.4 Å². The maximum atomic E-state index is 14.3. The van der Waals surface area contributed by atoms with E-state index in [1.54, 1.807) is 0 Å². The molecule has 0 radical (unpaired) electrons. The number of alkyl halides is 3. The van der Waals surface area contributed by atoms with E-state index in [-0.39, 0.29) is 36.9 Å². The highest BCUT2D eigenvalue weighted by Gasteiger charge is 2.35. The molecule has 1 N–H and O–H groups in total. The van der Waals surface area contributed by atoms with Crippen molar-refractivity contribution in [3.8, 4) is 0 Å². The van der Waals surface area contributed by atoms with Crippen LogP contribution in [0.3, 0.4) is 0 Å². The lowest BCUT2D eigenvalue weighted by atomic mass is 10.1. The van der Waals surface area contributed by atoms with E-state index in [2.05, 4.69) is 0 Å². The predicted octanol–water partition coefficient (Wildman–Crippen LogP) is 3.31. The number of sulfonamides is 1. The lowest BCUT2D eigenvalue weighted by Crippen LogP contribution is -2.41. The van der Waals surface area contributed by atoms with Crippen molar-refractivity contribution in [2.75, 3.05) is 38.2 Å². The number of hydrogen-bond acceptors (Lipinski definition) is 6. The standard InChI is InChI=1S/C20H17ClF4N2O6S/c21-14-3-1-2-13(20(23,24)25)18(14)26-17(28)11-33-19(29)12-4-5-15(22)16(10-12)34(30,31)27-6-8-32-9-7-27/h1-5,10H,6-9,11H2,(H,26,28). The molecule has 0 atom stereocenters. The topological polar surface area (TPSA) is 102 Å². The summed E-state index contributed by atoms with van der Waals surface area (Å²) in [7, 11) is -4.27. The molecular weight excluding hydrogens is 508 g/mol. The van der Waals surface area contributed by atoms with E-state index >= 15 is 0 Å². The van der Waals surface area contributed by atoms with Crippen LogP contribution in [0.15, 0.2) is 41.3 Å². The van der Waals surface area contributed by atoms with Gasteiger partial charge in [0.05, 0.1) is 35.1 Å². The Labute approximate surface area is 196 Å². The number of morpholine rings is 1. The van der Waals surface area contributed by atoms with Gasteiger partial charge in [-0.1, -0.05) is 17.7 Å². The van der Waals surface area contributed by atoms with E-state index in [9.17, 15) is 35.6 Å². The van der Waals surface area contributed by atoms with Crippen LogP contribution in [0, 0.1) is 5.82 Å². The second-order valence-electron chi connectivity index (χ2n) is 6.95. The lowest BCUT2D eigenvalue weighted by molar-refractivity contribution is -0.137. The summed E-state index contributed by atoms with van der Waals surface area (Å²) >= 11 is 5.75. The molecule has 14 heteroatoms. The molecule has 0 saturated carbocycles. The first-order valence-corrected chi connectivity index (χ1v) is 11.4. The number of anilines is 1. The van der Waals surface area contributed by atoms with Crippen molar-refractivity contribution in [1.29, 1.82) is 0 Å². The highest BCUT2D eigenvalue weighted by atomic mass is 35.5. The van der Waals surface area contributed by atoms with E-state index in [1.165, 1.54) is 0 Å². The first kappa shape index (κ1) is 25.9. The van der Waals surface area contributed by atoms with Gasteiger partial charge in [0.25, 0.3) is 5.91 Å². The van der Waals surface area contributed by atoms with Crippen molar-refractivity contribution in [2.24, 2.45) is 0 Å². The molecule has 1 aliphatic rings. The summed E-state index contributed by atoms with van der Waals surface area (Å²) in [6.45, 7) is -0.764. The van der Waals surface area contributed by atoms with Crippen molar-refractivity contribution >= 4 is 39.2 Å². The van der Waals surface area contributed by atoms with Crippen LogP contribution < -0.4 is 5.32 Å². The van der Waals surface area contributed by atoms with Crippen molar-refractivity contribution in [3.63, 3.8) is 0 Å². The number of halogens is 5. The summed E-state index contributed by atoms with van der Waals surface area (Å²) in [4.78, 5) is 23.6. The molecule has 0 aliphatic carbocycles. The third kappa shape index (κ3) is 5.84. The Hall–Kier alpha value is -2.74. The second-order valence-corrected chi connectivity index (χ2v) is 9.26. The van der Waals surface area contributed by atoms with Crippen LogP contribution in [0.25, 0.3) is 0 Å². The number of rotatable bonds is 6. The van der Waals surface area contributed by atoms with Gasteiger partial charge in [-0.25, -0.2) is 17.6 Å². The molecule has 1 amide bonds. The van der Waals surface area contributed by atoms with Crippen LogP contribution in [0.1, 0.15) is 15.9 Å². The summed E-state index contributed by atoms with van der Waals surface area (Å²) < 4.78 is 89.9. The number of nitrogens with zero attached hydrogens (tertiary/aromatic N) is 1. The van der Waals surface area contributed by atoms with Gasteiger partial charge in [-0.15, -0.1) is 0 Å². The Kier molecular flexibility index (Phi) is 7.81. The average molecular weight is 525 g/mol. The van der Waals surface area contributed by atoms with E-state index in [0.29, 0.717) is 6.07 Å². The number of benzene rings is 2. The Bertz CT molecular complexity index is 1200. The van der Waals surface area contributed by atoms with Crippen LogP contribution in [0.2, 0.25) is 5.02 Å². The van der Waals surface area contributed by atoms with Gasteiger partial charge in [0, 0.05) is 13.1 Å². The molecule has 2 aromatic carbocycles. The second kappa shape index (κ2) is 10.3. The molecule has 8 nitrogen and oxygen atoms in total. The lowest BCUT2D eigenvalue weighted by Gasteiger charge is -2.26. The molecule has 1 fully saturated rings. The molecule has 0 bridgehead atoms. The number of nitrogens with one attached hydrogen (secondary N) is 1. The fraction of sp³-hybridized carbons (Fsp3) is 0.300. The molecule has 1 aliphatic heterocycles. The van der Waals surface area contributed by atoms with E-state index in [4.69, 9.17) is 21.1 Å². The molecule has 3 rings (SSSR count). The summed E-state index contributed by atoms with van der Waals surface area (Å²) in [5, 5.41) is 1.55. The molecule has 34 heavy (non-hydrogen) atoms. The van der Waals surface area contributed by atoms with E-state index < -0.39 is 56.6 Å². The number of amides is 1. The molecule has 1 heterocycles. The molecule has 184 valence electrons. The monoisotopic (exact) mass is 524 g/mol. The minimum atomic E-state index is -4.80. The molecule has 2 aromatic rings. The Balaban J connectivity index is 1.72. The normalized spacial score (nSPS) is 15.1. The van der Waals surface area contributed by atoms with E-state index in [1.807, 2.05) is 5.32 Å². The summed E-state index contributed by atoms with van der Waals surface area (Å²) in [6, 6.07) is 5.36. The average Bonchev–Trinajstić information content (AvgIpc) is 2.79. The minimum Gasteiger partial charge on any atom is -0.452 e. The zero-order chi connectivity index (χ0) is 25.1. The quantitative estimate of drug-likeness (QED) is 0.459. The Morgan fingerprint density at radius 2 is 1.82 bits per heavy atom. The van der Waals surface area contributed by atoms with Gasteiger partial charge in [-0.2, -0.15) is 17.5 Å². The molecular formula is C20H17ClF4N2O6S. The number of ether oxygens (including phenoxy) is 2. The summed E-state index contributed by atoms with van der Waals surface area (Å²) in [6.07, 6.45) is -4.80. The third-order valence-corrected chi connectivity index (χ3v) is 6.90. The predicted molar refractivity (Wildman–Crippen MR) is 111 cm³/mol. The number of esters is 1. The van der Waals surface area contributed by atoms with Crippen LogP contribution in [0.4, 0.5) is 23.2 Å². The smallest absolute Gasteiger partial charge is 0.418 e. The van der Waals surface area contributed by atoms with Gasteiger partial charge in [-0.05, 0) is 30.3 Å². The SMILES string of the molecule is O=C(COC(=O)c1ccc(F)c(S(=O)(=O)N2CCOCC2)c1)Nc1c(Cl)cccc1C(F)(F)F. The van der Waals surface area contributed by atoms with Crippen molar-refractivity contribution in [1.82, 2.24) is 4.31 Å². The van der Waals surface area contributed by atoms with Gasteiger partial charge >= 0.3 is 12.1 Å². The zero-order valence-corrected chi connectivity index (χ0v) is 18.8. The molecule has 1 saturated heterocycles. The highest BCUT2D eigenvalue weighted by Crippen LogP contribution is 2.38.